The third kappa shape index (κ3) is 2.23. The van der Waals surface area contributed by atoms with E-state index in [1.807, 2.05) is 0 Å². The van der Waals surface area contributed by atoms with Gasteiger partial charge in [-0.25, -0.2) is 14.8 Å². The molecule has 82 valence electrons. The van der Waals surface area contributed by atoms with Crippen LogP contribution in [0.3, 0.4) is 0 Å². The van der Waals surface area contributed by atoms with E-state index in [-0.39, 0.29) is 16.7 Å². The van der Waals surface area contributed by atoms with Crippen molar-refractivity contribution in [1.82, 2.24) is 9.97 Å². The van der Waals surface area contributed by atoms with E-state index >= 15 is 0 Å². The van der Waals surface area contributed by atoms with Crippen LogP contribution >= 0.6 is 27.5 Å². The van der Waals surface area contributed by atoms with Crippen molar-refractivity contribution in [3.63, 3.8) is 0 Å². The van der Waals surface area contributed by atoms with Gasteiger partial charge in [-0.15, -0.1) is 0 Å². The fraction of sp³-hybridized carbons (Fsp3) is 0. The Bertz CT molecular complexity index is 555. The summed E-state index contributed by atoms with van der Waals surface area (Å²) in [5.74, 6) is -0.691. The van der Waals surface area contributed by atoms with Gasteiger partial charge in [0.15, 0.2) is 21.9 Å². The number of aromatic carboxylic acids is 1. The van der Waals surface area contributed by atoms with Crippen molar-refractivity contribution in [1.29, 1.82) is 0 Å². The molecule has 7 heteroatoms. The Kier molecular flexibility index (Phi) is 2.93. The Morgan fingerprint density at radius 3 is 2.75 bits per heavy atom. The largest absolute Gasteiger partial charge is 0.477 e. The number of hydrogen-bond acceptors (Lipinski definition) is 4. The van der Waals surface area contributed by atoms with Gasteiger partial charge in [0.2, 0.25) is 0 Å². The van der Waals surface area contributed by atoms with Gasteiger partial charge in [0.25, 0.3) is 0 Å². The highest BCUT2D eigenvalue weighted by molar-refractivity contribution is 9.10. The smallest absolute Gasteiger partial charge is 0.354 e. The Labute approximate surface area is 103 Å². The van der Waals surface area contributed by atoms with Crippen LogP contribution in [-0.2, 0) is 0 Å². The summed E-state index contributed by atoms with van der Waals surface area (Å²) in [5, 5.41) is 8.85. The Morgan fingerprint density at radius 2 is 2.19 bits per heavy atom. The second-order valence-corrected chi connectivity index (χ2v) is 3.98. The molecule has 2 heterocycles. The van der Waals surface area contributed by atoms with E-state index in [0.29, 0.717) is 10.4 Å². The fourth-order valence-corrected chi connectivity index (χ4v) is 1.56. The molecular weight excluding hydrogens is 299 g/mol. The minimum Gasteiger partial charge on any atom is -0.477 e. The molecule has 5 nitrogen and oxygen atoms in total. The normalized spacial score (nSPS) is 10.4. The van der Waals surface area contributed by atoms with E-state index in [4.69, 9.17) is 21.1 Å². The van der Waals surface area contributed by atoms with Crippen LogP contribution in [0.15, 0.2) is 27.3 Å². The van der Waals surface area contributed by atoms with Gasteiger partial charge in [0.1, 0.15) is 5.15 Å². The maximum Gasteiger partial charge on any atom is 0.354 e. The number of carboxylic acid groups (broad SMARTS) is 1. The van der Waals surface area contributed by atoms with Gasteiger partial charge in [0, 0.05) is 6.07 Å². The molecule has 0 unspecified atom stereocenters. The lowest BCUT2D eigenvalue weighted by atomic mass is 10.3. The van der Waals surface area contributed by atoms with Crippen LogP contribution in [0.2, 0.25) is 5.15 Å². The summed E-state index contributed by atoms with van der Waals surface area (Å²) in [6, 6.07) is 4.44. The highest BCUT2D eigenvalue weighted by atomic mass is 79.9. The number of aromatic nitrogens is 2. The van der Waals surface area contributed by atoms with Gasteiger partial charge >= 0.3 is 5.97 Å². The molecule has 2 aromatic rings. The summed E-state index contributed by atoms with van der Waals surface area (Å²) in [6.45, 7) is 0. The lowest BCUT2D eigenvalue weighted by molar-refractivity contribution is 0.0690. The van der Waals surface area contributed by atoms with Crippen LogP contribution < -0.4 is 0 Å². The molecule has 0 aliphatic rings. The second-order valence-electron chi connectivity index (χ2n) is 2.81. The number of carboxylic acids is 1. The van der Waals surface area contributed by atoms with Crippen LogP contribution in [0.4, 0.5) is 0 Å². The SMILES string of the molecule is O=C(O)c1cc(Cl)nc(-c2ccc(Br)o2)n1. The highest BCUT2D eigenvalue weighted by Crippen LogP contribution is 2.23. The van der Waals surface area contributed by atoms with Gasteiger partial charge in [0.05, 0.1) is 0 Å². The third-order valence-electron chi connectivity index (χ3n) is 1.71. The summed E-state index contributed by atoms with van der Waals surface area (Å²) < 4.78 is 5.70. The van der Waals surface area contributed by atoms with Crippen molar-refractivity contribution in [2.75, 3.05) is 0 Å². The van der Waals surface area contributed by atoms with Crippen LogP contribution in [0.5, 0.6) is 0 Å². The average Bonchev–Trinajstić information content (AvgIpc) is 2.64. The number of furan rings is 1. The Balaban J connectivity index is 2.53. The molecule has 0 amide bonds. The quantitative estimate of drug-likeness (QED) is 0.863. The van der Waals surface area contributed by atoms with Crippen LogP contribution in [0, 0.1) is 0 Å². The third-order valence-corrected chi connectivity index (χ3v) is 2.33. The molecule has 0 spiro atoms. The number of carbonyl (C=O) groups is 1. The first-order chi connectivity index (χ1) is 7.56. The Morgan fingerprint density at radius 1 is 1.44 bits per heavy atom. The predicted octanol–water partition coefficient (Wildman–Crippen LogP) is 2.85. The Hall–Kier alpha value is -1.40. The molecule has 0 bridgehead atoms. The molecule has 0 saturated heterocycles. The molecule has 1 N–H and O–H groups in total. The number of halogens is 2. The van der Waals surface area contributed by atoms with Crippen molar-refractivity contribution in [2.45, 2.75) is 0 Å². The minimum atomic E-state index is -1.17. The summed E-state index contributed by atoms with van der Waals surface area (Å²) in [4.78, 5) is 18.4. The first-order valence-corrected chi connectivity index (χ1v) is 5.27. The maximum absolute atomic E-state index is 10.8. The van der Waals surface area contributed by atoms with Gasteiger partial charge in [-0.2, -0.15) is 0 Å². The van der Waals surface area contributed by atoms with E-state index in [1.54, 1.807) is 12.1 Å². The molecule has 0 atom stereocenters. The molecule has 0 fully saturated rings. The van der Waals surface area contributed by atoms with Gasteiger partial charge in [-0.1, -0.05) is 11.6 Å². The lowest BCUT2D eigenvalue weighted by Crippen LogP contribution is -2.02. The summed E-state index contributed by atoms with van der Waals surface area (Å²) >= 11 is 8.81. The highest BCUT2D eigenvalue weighted by Gasteiger charge is 2.13. The van der Waals surface area contributed by atoms with E-state index in [0.717, 1.165) is 0 Å². The summed E-state index contributed by atoms with van der Waals surface area (Å²) in [7, 11) is 0. The van der Waals surface area contributed by atoms with Crippen molar-refractivity contribution in [2.24, 2.45) is 0 Å². The van der Waals surface area contributed by atoms with Crippen molar-refractivity contribution >= 4 is 33.5 Å². The van der Waals surface area contributed by atoms with Gasteiger partial charge in [-0.3, -0.25) is 0 Å². The van der Waals surface area contributed by atoms with Crippen LogP contribution in [0.25, 0.3) is 11.6 Å². The number of rotatable bonds is 2. The molecule has 0 aliphatic heterocycles. The zero-order chi connectivity index (χ0) is 11.7. The van der Waals surface area contributed by atoms with Crippen molar-refractivity contribution in [3.05, 3.63) is 33.7 Å². The van der Waals surface area contributed by atoms with Gasteiger partial charge in [-0.05, 0) is 28.1 Å². The van der Waals surface area contributed by atoms with E-state index in [2.05, 4.69) is 25.9 Å². The van der Waals surface area contributed by atoms with Crippen molar-refractivity contribution < 1.29 is 14.3 Å². The predicted molar refractivity (Wildman–Crippen MR) is 59.4 cm³/mol. The fourth-order valence-electron chi connectivity index (χ4n) is 1.07. The molecule has 16 heavy (non-hydrogen) atoms. The molecule has 0 radical (unpaired) electrons. The first kappa shape index (κ1) is 11.1. The zero-order valence-electron chi connectivity index (χ0n) is 7.65. The molecule has 0 saturated carbocycles. The molecule has 0 aliphatic carbocycles. The summed E-state index contributed by atoms with van der Waals surface area (Å²) in [6.07, 6.45) is 0. The summed E-state index contributed by atoms with van der Waals surface area (Å²) in [5.41, 5.74) is -0.178. The molecule has 2 aromatic heterocycles. The number of nitrogens with zero attached hydrogens (tertiary/aromatic N) is 2. The lowest BCUT2D eigenvalue weighted by Gasteiger charge is -1.98. The molecule has 0 aromatic carbocycles. The average molecular weight is 303 g/mol. The van der Waals surface area contributed by atoms with Crippen LogP contribution in [-0.4, -0.2) is 21.0 Å². The van der Waals surface area contributed by atoms with E-state index < -0.39 is 5.97 Å². The minimum absolute atomic E-state index is 0.0509. The first-order valence-electron chi connectivity index (χ1n) is 4.10. The van der Waals surface area contributed by atoms with Crippen molar-refractivity contribution in [3.8, 4) is 11.6 Å². The van der Waals surface area contributed by atoms with Crippen LogP contribution in [0.1, 0.15) is 10.5 Å². The second kappa shape index (κ2) is 4.23. The van der Waals surface area contributed by atoms with E-state index in [1.165, 1.54) is 6.07 Å². The zero-order valence-corrected chi connectivity index (χ0v) is 9.99. The standard InChI is InChI=1S/C9H4BrClN2O3/c10-6-2-1-5(16-6)8-12-4(9(14)15)3-7(11)13-8/h1-3H,(H,14,15). The van der Waals surface area contributed by atoms with E-state index in [9.17, 15) is 4.79 Å². The topological polar surface area (TPSA) is 76.2 Å². The molecule has 2 rings (SSSR count). The number of hydrogen-bond donors (Lipinski definition) is 1. The molecular formula is C9H4BrClN2O3. The van der Waals surface area contributed by atoms with Gasteiger partial charge < -0.3 is 9.52 Å². The monoisotopic (exact) mass is 302 g/mol. The maximum atomic E-state index is 10.8.